The van der Waals surface area contributed by atoms with E-state index < -0.39 is 0 Å². The van der Waals surface area contributed by atoms with Crippen LogP contribution in [0.4, 0.5) is 0 Å². The summed E-state index contributed by atoms with van der Waals surface area (Å²) in [6.45, 7) is 0.479. The summed E-state index contributed by atoms with van der Waals surface area (Å²) in [4.78, 5) is 15.8. The fourth-order valence-electron chi connectivity index (χ4n) is 1.20. The Hall–Kier alpha value is -1.20. The highest BCUT2D eigenvalue weighted by atomic mass is 79.9. The van der Waals surface area contributed by atoms with Gasteiger partial charge in [-0.15, -0.1) is 11.3 Å². The third kappa shape index (κ3) is 2.90. The first-order valence-electron chi connectivity index (χ1n) is 4.68. The van der Waals surface area contributed by atoms with E-state index >= 15 is 0 Å². The minimum atomic E-state index is -0.0808. The minimum absolute atomic E-state index is 0.0808. The number of rotatable bonds is 3. The fraction of sp³-hybridized carbons (Fsp3) is 0.0909. The lowest BCUT2D eigenvalue weighted by Crippen LogP contribution is -2.22. The zero-order chi connectivity index (χ0) is 11.4. The molecule has 0 radical (unpaired) electrons. The zero-order valence-corrected chi connectivity index (χ0v) is 10.7. The van der Waals surface area contributed by atoms with Crippen LogP contribution in [-0.2, 0) is 6.54 Å². The Labute approximate surface area is 106 Å². The molecule has 0 atom stereocenters. The van der Waals surface area contributed by atoms with Gasteiger partial charge >= 0.3 is 0 Å². The molecule has 1 aromatic carbocycles. The highest BCUT2D eigenvalue weighted by molar-refractivity contribution is 9.10. The Balaban J connectivity index is 1.95. The second-order valence-electron chi connectivity index (χ2n) is 3.12. The molecule has 2 aromatic rings. The third-order valence-corrected chi connectivity index (χ3v) is 3.30. The molecule has 16 heavy (non-hydrogen) atoms. The fourth-order valence-corrected chi connectivity index (χ4v) is 2.02. The lowest BCUT2D eigenvalue weighted by atomic mass is 10.2. The third-order valence-electron chi connectivity index (χ3n) is 1.99. The van der Waals surface area contributed by atoms with Crippen molar-refractivity contribution in [3.05, 3.63) is 50.9 Å². The van der Waals surface area contributed by atoms with Crippen molar-refractivity contribution >= 4 is 33.2 Å². The lowest BCUT2D eigenvalue weighted by molar-refractivity contribution is 0.0951. The Morgan fingerprint density at radius 3 is 2.75 bits per heavy atom. The van der Waals surface area contributed by atoms with Crippen LogP contribution in [0.15, 0.2) is 40.3 Å². The number of benzene rings is 1. The average molecular weight is 297 g/mol. The number of carbonyl (C=O) groups excluding carboxylic acids is 1. The number of halogens is 1. The van der Waals surface area contributed by atoms with E-state index in [1.165, 1.54) is 11.3 Å². The quantitative estimate of drug-likeness (QED) is 0.946. The summed E-state index contributed by atoms with van der Waals surface area (Å²) in [5, 5.41) is 5.61. The van der Waals surface area contributed by atoms with Crippen LogP contribution in [0.3, 0.4) is 0 Å². The van der Waals surface area contributed by atoms with Crippen LogP contribution in [0.2, 0.25) is 0 Å². The summed E-state index contributed by atoms with van der Waals surface area (Å²) in [7, 11) is 0. The average Bonchev–Trinajstić information content (AvgIpc) is 2.80. The predicted molar refractivity (Wildman–Crippen MR) is 67.4 cm³/mol. The van der Waals surface area contributed by atoms with Crippen molar-refractivity contribution in [3.8, 4) is 0 Å². The van der Waals surface area contributed by atoms with E-state index in [1.54, 1.807) is 18.3 Å². The van der Waals surface area contributed by atoms with E-state index in [-0.39, 0.29) is 5.91 Å². The van der Waals surface area contributed by atoms with Crippen LogP contribution in [0.25, 0.3) is 0 Å². The predicted octanol–water partition coefficient (Wildman–Crippen LogP) is 2.84. The summed E-state index contributed by atoms with van der Waals surface area (Å²) in [5.41, 5.74) is 0.653. The van der Waals surface area contributed by atoms with Crippen molar-refractivity contribution < 1.29 is 4.79 Å². The summed E-state index contributed by atoms with van der Waals surface area (Å²) in [5.74, 6) is -0.0808. The highest BCUT2D eigenvalue weighted by Gasteiger charge is 2.05. The highest BCUT2D eigenvalue weighted by Crippen LogP contribution is 2.10. The molecule has 1 amide bonds. The van der Waals surface area contributed by atoms with Crippen LogP contribution in [0.5, 0.6) is 0 Å². The Kier molecular flexibility index (Phi) is 3.69. The normalized spacial score (nSPS) is 10.1. The second-order valence-corrected chi connectivity index (χ2v) is 5.01. The molecule has 0 aliphatic heterocycles. The van der Waals surface area contributed by atoms with Crippen LogP contribution in [0, 0.1) is 0 Å². The number of thiazole rings is 1. The number of hydrogen-bond donors (Lipinski definition) is 1. The maximum absolute atomic E-state index is 11.7. The van der Waals surface area contributed by atoms with Gasteiger partial charge in [0.1, 0.15) is 5.01 Å². The Bertz CT molecular complexity index is 467. The lowest BCUT2D eigenvalue weighted by Gasteiger charge is -2.02. The molecule has 0 saturated heterocycles. The molecule has 0 aliphatic rings. The topological polar surface area (TPSA) is 42.0 Å². The monoisotopic (exact) mass is 296 g/mol. The smallest absolute Gasteiger partial charge is 0.251 e. The Morgan fingerprint density at radius 2 is 2.12 bits per heavy atom. The van der Waals surface area contributed by atoms with Gasteiger partial charge in [-0.3, -0.25) is 4.79 Å². The molecule has 1 aromatic heterocycles. The van der Waals surface area contributed by atoms with Crippen LogP contribution >= 0.6 is 27.3 Å². The largest absolute Gasteiger partial charge is 0.346 e. The molecule has 0 spiro atoms. The van der Waals surface area contributed by atoms with E-state index in [9.17, 15) is 4.79 Å². The number of nitrogens with zero attached hydrogens (tertiary/aromatic N) is 1. The van der Waals surface area contributed by atoms with Gasteiger partial charge in [0.05, 0.1) is 6.54 Å². The summed E-state index contributed by atoms with van der Waals surface area (Å²) >= 11 is 4.85. The number of amides is 1. The van der Waals surface area contributed by atoms with Crippen LogP contribution < -0.4 is 5.32 Å². The SMILES string of the molecule is O=C(NCc1nccs1)c1ccc(Br)cc1. The molecule has 1 heterocycles. The van der Waals surface area contributed by atoms with Gasteiger partial charge in [0.2, 0.25) is 0 Å². The first-order valence-corrected chi connectivity index (χ1v) is 6.35. The number of carbonyl (C=O) groups is 1. The maximum atomic E-state index is 11.7. The molecular weight excluding hydrogens is 288 g/mol. The van der Waals surface area contributed by atoms with Gasteiger partial charge in [0.25, 0.3) is 5.91 Å². The molecule has 5 heteroatoms. The second kappa shape index (κ2) is 5.23. The van der Waals surface area contributed by atoms with Crippen molar-refractivity contribution in [3.63, 3.8) is 0 Å². The molecule has 1 N–H and O–H groups in total. The van der Waals surface area contributed by atoms with Gasteiger partial charge in [-0.05, 0) is 24.3 Å². The summed E-state index contributed by atoms with van der Waals surface area (Å²) in [6.07, 6.45) is 1.73. The van der Waals surface area contributed by atoms with E-state index in [2.05, 4.69) is 26.2 Å². The van der Waals surface area contributed by atoms with Crippen molar-refractivity contribution in [2.75, 3.05) is 0 Å². The van der Waals surface area contributed by atoms with E-state index in [4.69, 9.17) is 0 Å². The molecule has 3 nitrogen and oxygen atoms in total. The van der Waals surface area contributed by atoms with Crippen molar-refractivity contribution in [2.45, 2.75) is 6.54 Å². The molecule has 0 bridgehead atoms. The maximum Gasteiger partial charge on any atom is 0.251 e. The molecule has 0 aliphatic carbocycles. The van der Waals surface area contributed by atoms with Gasteiger partial charge < -0.3 is 5.32 Å². The van der Waals surface area contributed by atoms with Gasteiger partial charge in [-0.2, -0.15) is 0 Å². The van der Waals surface area contributed by atoms with Gasteiger partial charge in [0.15, 0.2) is 0 Å². The van der Waals surface area contributed by atoms with Gasteiger partial charge in [-0.25, -0.2) is 4.98 Å². The van der Waals surface area contributed by atoms with Crippen molar-refractivity contribution in [1.29, 1.82) is 0 Å². The number of hydrogen-bond acceptors (Lipinski definition) is 3. The van der Waals surface area contributed by atoms with Crippen molar-refractivity contribution in [2.24, 2.45) is 0 Å². The van der Waals surface area contributed by atoms with Crippen LogP contribution in [-0.4, -0.2) is 10.9 Å². The standard InChI is InChI=1S/C11H9BrN2OS/c12-9-3-1-8(2-4-9)11(15)14-7-10-13-5-6-16-10/h1-6H,7H2,(H,14,15). The molecule has 0 fully saturated rings. The van der Waals surface area contributed by atoms with Gasteiger partial charge in [-0.1, -0.05) is 15.9 Å². The first kappa shape index (κ1) is 11.3. The number of nitrogens with one attached hydrogen (secondary N) is 1. The Morgan fingerprint density at radius 1 is 1.38 bits per heavy atom. The minimum Gasteiger partial charge on any atom is -0.346 e. The summed E-state index contributed by atoms with van der Waals surface area (Å²) in [6, 6.07) is 7.25. The van der Waals surface area contributed by atoms with Gasteiger partial charge in [0, 0.05) is 21.6 Å². The molecule has 0 unspecified atom stereocenters. The number of aromatic nitrogens is 1. The molecule has 82 valence electrons. The summed E-state index contributed by atoms with van der Waals surface area (Å²) < 4.78 is 0.962. The van der Waals surface area contributed by atoms with Crippen LogP contribution in [0.1, 0.15) is 15.4 Å². The first-order chi connectivity index (χ1) is 7.75. The zero-order valence-electron chi connectivity index (χ0n) is 8.31. The van der Waals surface area contributed by atoms with E-state index in [1.807, 2.05) is 17.5 Å². The molecular formula is C11H9BrN2OS. The molecule has 2 rings (SSSR count). The van der Waals surface area contributed by atoms with Crippen molar-refractivity contribution in [1.82, 2.24) is 10.3 Å². The molecule has 0 saturated carbocycles. The van der Waals surface area contributed by atoms with E-state index in [0.29, 0.717) is 12.1 Å². The van der Waals surface area contributed by atoms with E-state index in [0.717, 1.165) is 9.48 Å².